The molecule has 0 radical (unpaired) electrons. The third-order valence-corrected chi connectivity index (χ3v) is 1.97. The Morgan fingerprint density at radius 2 is 2.45 bits per heavy atom. The summed E-state index contributed by atoms with van der Waals surface area (Å²) in [6, 6.07) is 1.94. The molecule has 0 aliphatic rings. The van der Waals surface area contributed by atoms with E-state index in [1.54, 1.807) is 0 Å². The van der Waals surface area contributed by atoms with Crippen molar-refractivity contribution in [1.29, 1.82) is 0 Å². The van der Waals surface area contributed by atoms with Crippen molar-refractivity contribution in [3.8, 4) is 0 Å². The molecule has 3 nitrogen and oxygen atoms in total. The zero-order valence-electron chi connectivity index (χ0n) is 6.00. The highest BCUT2D eigenvalue weighted by molar-refractivity contribution is 9.10. The number of rotatable bonds is 0. The van der Waals surface area contributed by atoms with E-state index in [4.69, 9.17) is 0 Å². The number of H-pyrrole nitrogens is 1. The topological polar surface area (TPSA) is 32.6 Å². The Labute approximate surface area is 72.2 Å². The first-order valence-electron chi connectivity index (χ1n) is 3.26. The fourth-order valence-electron chi connectivity index (χ4n) is 1.09. The fourth-order valence-corrected chi connectivity index (χ4v) is 1.59. The van der Waals surface area contributed by atoms with E-state index < -0.39 is 0 Å². The van der Waals surface area contributed by atoms with Gasteiger partial charge < -0.3 is 0 Å². The second-order valence-electron chi connectivity index (χ2n) is 2.39. The summed E-state index contributed by atoms with van der Waals surface area (Å²) in [6.07, 6.45) is 3.79. The lowest BCUT2D eigenvalue weighted by Crippen LogP contribution is -2.29. The van der Waals surface area contributed by atoms with Crippen molar-refractivity contribution in [2.45, 2.75) is 0 Å². The Bertz CT molecular complexity index is 393. The van der Waals surface area contributed by atoms with Gasteiger partial charge in [-0.15, -0.1) is 0 Å². The minimum absolute atomic E-state index is 0.854. The molecule has 11 heavy (non-hydrogen) atoms. The van der Waals surface area contributed by atoms with Gasteiger partial charge in [-0.1, -0.05) is 0 Å². The van der Waals surface area contributed by atoms with Gasteiger partial charge in [0.1, 0.15) is 10.8 Å². The Morgan fingerprint density at radius 1 is 1.64 bits per heavy atom. The van der Waals surface area contributed by atoms with E-state index in [0.29, 0.717) is 0 Å². The molecule has 0 atom stereocenters. The van der Waals surface area contributed by atoms with E-state index in [-0.39, 0.29) is 0 Å². The summed E-state index contributed by atoms with van der Waals surface area (Å²) in [5.41, 5.74) is 2.01. The molecule has 0 amide bonds. The largest absolute Gasteiger partial charge is 0.305 e. The van der Waals surface area contributed by atoms with Crippen LogP contribution in [0, 0.1) is 0 Å². The summed E-state index contributed by atoms with van der Waals surface area (Å²) < 4.78 is 2.85. The number of fused-ring (bicyclic) bond motifs is 1. The SMILES string of the molecule is C[n+]1cc(Br)nc2cc[nH]c21. The monoisotopic (exact) mass is 212 g/mol. The Morgan fingerprint density at radius 3 is 3.27 bits per heavy atom. The predicted octanol–water partition coefficient (Wildman–Crippen LogP) is 1.15. The first-order valence-corrected chi connectivity index (χ1v) is 4.06. The first kappa shape index (κ1) is 6.79. The van der Waals surface area contributed by atoms with E-state index in [9.17, 15) is 0 Å². The molecular weight excluding hydrogens is 206 g/mol. The molecule has 0 fully saturated rings. The van der Waals surface area contributed by atoms with Crippen LogP contribution in [-0.4, -0.2) is 9.97 Å². The minimum Gasteiger partial charge on any atom is -0.245 e. The Balaban J connectivity index is 2.91. The van der Waals surface area contributed by atoms with Gasteiger partial charge in [-0.05, 0) is 15.9 Å². The minimum atomic E-state index is 0.854. The summed E-state index contributed by atoms with van der Waals surface area (Å²) in [5.74, 6) is 0. The lowest BCUT2D eigenvalue weighted by molar-refractivity contribution is -0.647. The zero-order valence-corrected chi connectivity index (χ0v) is 7.59. The first-order chi connectivity index (χ1) is 5.27. The van der Waals surface area contributed by atoms with Crippen molar-refractivity contribution in [2.24, 2.45) is 7.05 Å². The van der Waals surface area contributed by atoms with Crippen LogP contribution in [0.1, 0.15) is 0 Å². The molecule has 0 aliphatic carbocycles. The van der Waals surface area contributed by atoms with Gasteiger partial charge in [0.25, 0.3) is 0 Å². The fraction of sp³-hybridized carbons (Fsp3) is 0.143. The van der Waals surface area contributed by atoms with Gasteiger partial charge in [0, 0.05) is 6.07 Å². The van der Waals surface area contributed by atoms with Crippen molar-refractivity contribution in [3.63, 3.8) is 0 Å². The van der Waals surface area contributed by atoms with Crippen molar-refractivity contribution < 1.29 is 4.57 Å². The molecule has 0 aromatic carbocycles. The van der Waals surface area contributed by atoms with Crippen molar-refractivity contribution >= 4 is 27.1 Å². The van der Waals surface area contributed by atoms with Crippen LogP contribution in [0.25, 0.3) is 11.2 Å². The lowest BCUT2D eigenvalue weighted by Gasteiger charge is -1.92. The molecule has 0 saturated carbocycles. The molecule has 0 aliphatic heterocycles. The lowest BCUT2D eigenvalue weighted by atomic mass is 10.5. The molecule has 0 spiro atoms. The summed E-state index contributed by atoms with van der Waals surface area (Å²) in [6.45, 7) is 0. The standard InChI is InChI=1S/C7H6BrN3/c1-11-4-6(8)10-5-2-3-9-7(5)11/h2-4H,1H3/p+1. The summed E-state index contributed by atoms with van der Waals surface area (Å²) >= 11 is 3.32. The van der Waals surface area contributed by atoms with Gasteiger partial charge in [0.15, 0.2) is 5.52 Å². The predicted molar refractivity (Wildman–Crippen MR) is 45.0 cm³/mol. The second-order valence-corrected chi connectivity index (χ2v) is 3.20. The third-order valence-electron chi connectivity index (χ3n) is 1.58. The highest BCUT2D eigenvalue weighted by Gasteiger charge is 2.06. The maximum absolute atomic E-state index is 4.26. The number of aryl methyl sites for hydroxylation is 1. The highest BCUT2D eigenvalue weighted by atomic mass is 79.9. The summed E-state index contributed by atoms with van der Waals surface area (Å²) in [7, 11) is 1.98. The normalized spacial score (nSPS) is 10.7. The smallest absolute Gasteiger partial charge is 0.245 e. The highest BCUT2D eigenvalue weighted by Crippen LogP contribution is 2.08. The zero-order chi connectivity index (χ0) is 7.84. The molecule has 2 aromatic heterocycles. The molecule has 2 aromatic rings. The van der Waals surface area contributed by atoms with Gasteiger partial charge in [-0.3, -0.25) is 0 Å². The summed E-state index contributed by atoms with van der Waals surface area (Å²) in [5, 5.41) is 0. The summed E-state index contributed by atoms with van der Waals surface area (Å²) in [4.78, 5) is 7.36. The number of hydrogen-bond donors (Lipinski definition) is 1. The average Bonchev–Trinajstić information content (AvgIpc) is 2.34. The molecule has 2 heterocycles. The molecule has 0 bridgehead atoms. The van der Waals surface area contributed by atoms with E-state index in [0.717, 1.165) is 15.8 Å². The van der Waals surface area contributed by atoms with E-state index in [1.807, 2.05) is 30.1 Å². The van der Waals surface area contributed by atoms with E-state index in [2.05, 4.69) is 25.9 Å². The van der Waals surface area contributed by atoms with Crippen LogP contribution in [-0.2, 0) is 7.05 Å². The van der Waals surface area contributed by atoms with Crippen LogP contribution in [0.15, 0.2) is 23.1 Å². The number of nitrogens with zero attached hydrogens (tertiary/aromatic N) is 2. The molecule has 0 saturated heterocycles. The van der Waals surface area contributed by atoms with E-state index >= 15 is 0 Å². The van der Waals surface area contributed by atoms with Crippen molar-refractivity contribution in [3.05, 3.63) is 23.1 Å². The third kappa shape index (κ3) is 1.03. The van der Waals surface area contributed by atoms with Gasteiger partial charge in [0.05, 0.1) is 13.2 Å². The van der Waals surface area contributed by atoms with Crippen LogP contribution in [0.2, 0.25) is 0 Å². The van der Waals surface area contributed by atoms with Crippen molar-refractivity contribution in [1.82, 2.24) is 9.97 Å². The van der Waals surface area contributed by atoms with Crippen LogP contribution < -0.4 is 4.57 Å². The maximum Gasteiger partial charge on any atom is 0.305 e. The maximum atomic E-state index is 4.26. The van der Waals surface area contributed by atoms with Crippen LogP contribution in [0.3, 0.4) is 0 Å². The Kier molecular flexibility index (Phi) is 1.42. The van der Waals surface area contributed by atoms with Gasteiger partial charge in [-0.2, -0.15) is 0 Å². The van der Waals surface area contributed by atoms with Crippen LogP contribution in [0.5, 0.6) is 0 Å². The number of aromatic nitrogens is 3. The molecule has 56 valence electrons. The van der Waals surface area contributed by atoms with Gasteiger partial charge in [-0.25, -0.2) is 14.5 Å². The van der Waals surface area contributed by atoms with E-state index in [1.165, 1.54) is 0 Å². The molecule has 4 heteroatoms. The second kappa shape index (κ2) is 2.30. The van der Waals surface area contributed by atoms with Crippen molar-refractivity contribution in [2.75, 3.05) is 0 Å². The van der Waals surface area contributed by atoms with Crippen LogP contribution in [0.4, 0.5) is 0 Å². The number of aromatic amines is 1. The molecular formula is C7H7BrN3+. The number of nitrogens with one attached hydrogen (secondary N) is 1. The quantitative estimate of drug-likeness (QED) is 0.654. The number of hydrogen-bond acceptors (Lipinski definition) is 1. The number of halogens is 1. The Hall–Kier alpha value is -0.900. The van der Waals surface area contributed by atoms with Gasteiger partial charge >= 0.3 is 5.65 Å². The average molecular weight is 213 g/mol. The molecule has 2 rings (SSSR count). The molecule has 1 N–H and O–H groups in total. The van der Waals surface area contributed by atoms with Crippen LogP contribution >= 0.6 is 15.9 Å². The van der Waals surface area contributed by atoms with Gasteiger partial charge in [0.2, 0.25) is 0 Å². The molecule has 0 unspecified atom stereocenters.